The fourth-order valence-corrected chi connectivity index (χ4v) is 4.49. The van der Waals surface area contributed by atoms with Crippen molar-refractivity contribution in [2.24, 2.45) is 34.5 Å². The van der Waals surface area contributed by atoms with E-state index in [0.29, 0.717) is 0 Å². The quantitative estimate of drug-likeness (QED) is 0.213. The van der Waals surface area contributed by atoms with Crippen molar-refractivity contribution < 1.29 is 28.8 Å². The highest BCUT2D eigenvalue weighted by molar-refractivity contribution is 6.06. The number of ether oxygens (including phenoxy) is 2. The van der Waals surface area contributed by atoms with E-state index in [2.05, 4.69) is 5.10 Å². The largest absolute Gasteiger partial charge is 0.490 e. The second-order valence-corrected chi connectivity index (χ2v) is 7.55. The summed E-state index contributed by atoms with van der Waals surface area (Å²) in [5.74, 6) is -2.42. The van der Waals surface area contributed by atoms with E-state index < -0.39 is 35.0 Å². The maximum Gasteiger partial charge on any atom is 0.315 e. The first-order valence-corrected chi connectivity index (χ1v) is 9.78. The van der Waals surface area contributed by atoms with Gasteiger partial charge >= 0.3 is 5.69 Å². The molecule has 3 aliphatic rings. The highest BCUT2D eigenvalue weighted by Crippen LogP contribution is 2.52. The fourth-order valence-electron chi connectivity index (χ4n) is 4.49. The van der Waals surface area contributed by atoms with Crippen molar-refractivity contribution in [1.82, 2.24) is 5.01 Å². The summed E-state index contributed by atoms with van der Waals surface area (Å²) in [6.07, 6.45) is 5.96. The molecule has 4 rings (SSSR count). The summed E-state index contributed by atoms with van der Waals surface area (Å²) in [7, 11) is 0. The first-order valence-electron chi connectivity index (χ1n) is 9.78. The number of hydrogen-bond donors (Lipinski definition) is 1. The summed E-state index contributed by atoms with van der Waals surface area (Å²) in [5.41, 5.74) is 4.81. The Bertz CT molecular complexity index is 1000. The van der Waals surface area contributed by atoms with Gasteiger partial charge in [0.2, 0.25) is 5.75 Å². The highest BCUT2D eigenvalue weighted by atomic mass is 16.6. The molecule has 0 radical (unpaired) electrons. The van der Waals surface area contributed by atoms with Crippen LogP contribution in [0, 0.1) is 33.8 Å². The molecule has 1 aliphatic heterocycles. The van der Waals surface area contributed by atoms with Crippen LogP contribution in [0.25, 0.3) is 0 Å². The first kappa shape index (κ1) is 20.5. The van der Waals surface area contributed by atoms with Crippen molar-refractivity contribution in [1.29, 1.82) is 0 Å². The standard InChI is InChI=1S/C20H20N4O7/c1-2-30-14-6-10(5-13(24(28)29)18(14)31-9-15(21)25)8-22-23-19(26)16-11-3-4-12(7-11)17(16)20(23)27/h3-6,8,11-12,16-17H,2,7,9H2,1H3,(H2,21,25). The topological polar surface area (TPSA) is 154 Å². The van der Waals surface area contributed by atoms with Gasteiger partial charge in [0.15, 0.2) is 12.4 Å². The van der Waals surface area contributed by atoms with Gasteiger partial charge in [0.25, 0.3) is 17.7 Å². The van der Waals surface area contributed by atoms with Crippen molar-refractivity contribution in [2.45, 2.75) is 13.3 Å². The zero-order chi connectivity index (χ0) is 22.3. The average molecular weight is 428 g/mol. The van der Waals surface area contributed by atoms with Crippen LogP contribution in [0.15, 0.2) is 29.4 Å². The molecule has 162 valence electrons. The smallest absolute Gasteiger partial charge is 0.315 e. The molecular weight excluding hydrogens is 408 g/mol. The molecule has 1 aromatic rings. The Kier molecular flexibility index (Phi) is 5.17. The first-order chi connectivity index (χ1) is 14.8. The Hall–Kier alpha value is -3.76. The van der Waals surface area contributed by atoms with E-state index in [4.69, 9.17) is 15.2 Å². The molecule has 2 N–H and O–H groups in total. The Labute approximate surface area is 176 Å². The summed E-state index contributed by atoms with van der Waals surface area (Å²) in [6.45, 7) is 1.28. The Morgan fingerprint density at radius 3 is 2.45 bits per heavy atom. The summed E-state index contributed by atoms with van der Waals surface area (Å²) >= 11 is 0. The van der Waals surface area contributed by atoms with E-state index >= 15 is 0 Å². The van der Waals surface area contributed by atoms with E-state index in [1.807, 2.05) is 12.2 Å². The number of fused-ring (bicyclic) bond motifs is 5. The number of hydrazone groups is 1. The van der Waals surface area contributed by atoms with E-state index in [1.54, 1.807) is 6.92 Å². The molecule has 11 heteroatoms. The molecule has 4 unspecified atom stereocenters. The molecule has 1 saturated carbocycles. The van der Waals surface area contributed by atoms with Crippen LogP contribution in [0.4, 0.5) is 5.69 Å². The van der Waals surface area contributed by atoms with Crippen molar-refractivity contribution >= 4 is 29.6 Å². The lowest BCUT2D eigenvalue weighted by molar-refractivity contribution is -0.385. The monoisotopic (exact) mass is 428 g/mol. The Morgan fingerprint density at radius 2 is 1.90 bits per heavy atom. The normalized spacial score (nSPS) is 26.0. The van der Waals surface area contributed by atoms with Gasteiger partial charge in [-0.3, -0.25) is 24.5 Å². The molecule has 1 aromatic carbocycles. The van der Waals surface area contributed by atoms with Gasteiger partial charge in [-0.2, -0.15) is 10.1 Å². The van der Waals surface area contributed by atoms with Gasteiger partial charge in [-0.15, -0.1) is 0 Å². The van der Waals surface area contributed by atoms with Crippen LogP contribution in [0.5, 0.6) is 11.5 Å². The summed E-state index contributed by atoms with van der Waals surface area (Å²) in [6, 6.07) is 2.56. The Morgan fingerprint density at radius 1 is 1.26 bits per heavy atom. The number of nitro benzene ring substituents is 1. The van der Waals surface area contributed by atoms with E-state index in [0.717, 1.165) is 17.5 Å². The molecule has 31 heavy (non-hydrogen) atoms. The second-order valence-electron chi connectivity index (χ2n) is 7.55. The SMILES string of the molecule is CCOc1cc(C=NN2C(=O)C3C4C=CC(C4)C3C2=O)cc([N+](=O)[O-])c1OCC(N)=O. The lowest BCUT2D eigenvalue weighted by Crippen LogP contribution is -2.28. The van der Waals surface area contributed by atoms with E-state index in [9.17, 15) is 24.5 Å². The molecule has 2 aliphatic carbocycles. The van der Waals surface area contributed by atoms with Crippen LogP contribution in [-0.2, 0) is 14.4 Å². The van der Waals surface area contributed by atoms with E-state index in [-0.39, 0.29) is 47.3 Å². The molecule has 1 heterocycles. The minimum atomic E-state index is -0.803. The number of nitrogens with two attached hydrogens (primary N) is 1. The van der Waals surface area contributed by atoms with Crippen LogP contribution in [0.3, 0.4) is 0 Å². The lowest BCUT2D eigenvalue weighted by atomic mass is 9.85. The third kappa shape index (κ3) is 3.51. The summed E-state index contributed by atoms with van der Waals surface area (Å²) in [4.78, 5) is 47.3. The number of nitro groups is 1. The molecular formula is C20H20N4O7. The third-order valence-electron chi connectivity index (χ3n) is 5.68. The highest BCUT2D eigenvalue weighted by Gasteiger charge is 2.59. The minimum Gasteiger partial charge on any atom is -0.490 e. The number of hydrogen-bond acceptors (Lipinski definition) is 8. The van der Waals surface area contributed by atoms with Crippen LogP contribution < -0.4 is 15.2 Å². The average Bonchev–Trinajstić information content (AvgIpc) is 3.39. The molecule has 0 spiro atoms. The minimum absolute atomic E-state index is 0.0117. The van der Waals surface area contributed by atoms with Crippen molar-refractivity contribution in [2.75, 3.05) is 13.2 Å². The van der Waals surface area contributed by atoms with Gasteiger partial charge in [0.1, 0.15) is 0 Å². The maximum atomic E-state index is 12.7. The fraction of sp³-hybridized carbons (Fsp3) is 0.400. The zero-order valence-electron chi connectivity index (χ0n) is 16.6. The summed E-state index contributed by atoms with van der Waals surface area (Å²) < 4.78 is 10.6. The van der Waals surface area contributed by atoms with Crippen LogP contribution in [0.1, 0.15) is 18.9 Å². The van der Waals surface area contributed by atoms with Crippen LogP contribution in [0.2, 0.25) is 0 Å². The molecule has 4 atom stereocenters. The van der Waals surface area contributed by atoms with Gasteiger partial charge in [0, 0.05) is 11.6 Å². The lowest BCUT2D eigenvalue weighted by Gasteiger charge is -2.13. The maximum absolute atomic E-state index is 12.7. The summed E-state index contributed by atoms with van der Waals surface area (Å²) in [5, 5.41) is 16.4. The molecule has 0 aromatic heterocycles. The number of benzene rings is 1. The van der Waals surface area contributed by atoms with Gasteiger partial charge in [-0.25, -0.2) is 0 Å². The van der Waals surface area contributed by atoms with Crippen LogP contribution in [-0.4, -0.2) is 47.1 Å². The van der Waals surface area contributed by atoms with Gasteiger partial charge < -0.3 is 15.2 Å². The number of allylic oxidation sites excluding steroid dienone is 2. The van der Waals surface area contributed by atoms with Gasteiger partial charge in [0.05, 0.1) is 29.6 Å². The van der Waals surface area contributed by atoms with Crippen molar-refractivity contribution in [3.05, 3.63) is 40.0 Å². The van der Waals surface area contributed by atoms with Crippen molar-refractivity contribution in [3.8, 4) is 11.5 Å². The molecule has 11 nitrogen and oxygen atoms in total. The predicted octanol–water partition coefficient (Wildman–Crippen LogP) is 0.999. The molecule has 2 bridgehead atoms. The number of amides is 3. The number of nitrogens with zero attached hydrogens (tertiary/aromatic N) is 3. The number of primary amides is 1. The van der Waals surface area contributed by atoms with Crippen molar-refractivity contribution in [3.63, 3.8) is 0 Å². The number of imide groups is 1. The number of rotatable bonds is 8. The molecule has 3 amide bonds. The van der Waals surface area contributed by atoms with Gasteiger partial charge in [-0.1, -0.05) is 12.2 Å². The number of carbonyl (C=O) groups excluding carboxylic acids is 3. The second kappa shape index (κ2) is 7.82. The zero-order valence-corrected chi connectivity index (χ0v) is 16.6. The predicted molar refractivity (Wildman–Crippen MR) is 106 cm³/mol. The van der Waals surface area contributed by atoms with E-state index in [1.165, 1.54) is 12.3 Å². The third-order valence-corrected chi connectivity index (χ3v) is 5.68. The molecule has 2 fully saturated rings. The number of carbonyl (C=O) groups is 3. The Balaban J connectivity index is 1.63. The molecule has 1 saturated heterocycles. The van der Waals surface area contributed by atoms with Gasteiger partial charge in [-0.05, 0) is 31.2 Å². The van der Waals surface area contributed by atoms with Crippen LogP contribution >= 0.6 is 0 Å².